The highest BCUT2D eigenvalue weighted by atomic mass is 35.5. The summed E-state index contributed by atoms with van der Waals surface area (Å²) >= 11 is 12.3. The standard InChI is InChI=1S/C31H26ClFN4O.C30H25ClFN5.C30H24F2N4O.C29H24F2N6/c1-37(2)13-5-9-30(38)21-7-3-6-20(14-21)22-15-23(19-34-18-22)26-17-29(27-16-24(32)10-11-28(27)33)36-31-25(26)8-4-12-35-31;1-36-10-12-37(13-11-36)24-5-2-4-20(15-24)21-14-22(19-33-18-21)26-17-29(27-16-23(31)7-8-28(27)32)35-30-25(26)6-3-9-34-30;31-22-5-8-28(32)27(15-22)29-16-26(25-2-1-11-35-30(25)36-29)21-14-20(17-34-18-21)19-3-6-23(7-4-19)37-24-9-12-33-13-10-24;1-36-9-11-37(12-10-36)28-7-4-19(18-34-28)20-13-21(17-32-16-20)24-15-27(25-14-22(30)5-6-26(25)31)35-29-23(24)3-2-8-33-29/h3-4,6-8,10-12,14-19H,5,9,13H2,1-2H3;2-9,14-19H,10-13H2,1H3;1-8,11,14-18,24,33H,9-10,12-13H2;2-8,13-18H,9-12H2,1H3. The first kappa shape index (κ1) is 99.9. The zero-order valence-corrected chi connectivity index (χ0v) is 83.3. The fourth-order valence-electron chi connectivity index (χ4n) is 18.6. The highest BCUT2D eigenvalue weighted by molar-refractivity contribution is 6.31. The molecule has 3 saturated heterocycles. The van der Waals surface area contributed by atoms with Crippen molar-refractivity contribution >= 4 is 84.6 Å². The van der Waals surface area contributed by atoms with Gasteiger partial charge < -0.3 is 34.6 Å². The average molecular weight is 2020 g/mol. The number of carbonyl (C=O) groups is 1. The molecule has 0 bridgehead atoms. The van der Waals surface area contributed by atoms with Crippen LogP contribution in [-0.2, 0) is 0 Å². The van der Waals surface area contributed by atoms with Gasteiger partial charge in [-0.05, 0) is 318 Å². The van der Waals surface area contributed by atoms with Gasteiger partial charge in [0.15, 0.2) is 28.4 Å². The molecule has 0 aliphatic carbocycles. The molecule has 3 fully saturated rings. The van der Waals surface area contributed by atoms with Gasteiger partial charge in [-0.1, -0.05) is 65.7 Å². The Labute approximate surface area is 867 Å². The Morgan fingerprint density at radius 1 is 0.356 bits per heavy atom. The number of halogens is 8. The normalized spacial score (nSPS) is 13.5. The third-order valence-electron chi connectivity index (χ3n) is 26.6. The Balaban J connectivity index is 0.000000120. The van der Waals surface area contributed by atoms with Gasteiger partial charge in [-0.25, -0.2) is 71.2 Å². The summed E-state index contributed by atoms with van der Waals surface area (Å²) in [5, 5.41) is 7.51. The number of likely N-dealkylation sites (N-methyl/N-ethyl adjacent to an activating group) is 2. The highest BCUT2D eigenvalue weighted by Crippen LogP contribution is 2.42. The van der Waals surface area contributed by atoms with E-state index in [-0.39, 0.29) is 28.8 Å². The minimum atomic E-state index is -0.548. The molecular formula is C120H99Cl2F6N19O2. The number of rotatable bonds is 21. The van der Waals surface area contributed by atoms with E-state index in [0.29, 0.717) is 78.5 Å². The lowest BCUT2D eigenvalue weighted by atomic mass is 9.96. The lowest BCUT2D eigenvalue weighted by Crippen LogP contribution is -2.44. The van der Waals surface area contributed by atoms with Crippen LogP contribution >= 0.6 is 23.2 Å². The SMILES string of the molecule is CN(C)CCCC(=O)c1cccc(-c2cncc(-c3cc(-c4cc(Cl)ccc4F)nc4ncccc34)c2)c1.CN1CCN(c2ccc(-c3cncc(-c4cc(-c5cc(F)ccc5F)nc5ncccc45)c3)cn2)CC1.CN1CCN(c2cccc(-c3cncc(-c4cc(-c5cc(Cl)ccc5F)nc5ncccc45)c3)c2)CC1.Fc1ccc(F)c(-c2cc(-c3cncc(-c4ccc(OC5CCNCC5)cc4)c3)c3cccnc3n2)c1. The molecule has 0 radical (unpaired) electrons. The summed E-state index contributed by atoms with van der Waals surface area (Å²) in [6, 6.07) is 74.5. The van der Waals surface area contributed by atoms with Gasteiger partial charge in [0.05, 0.1) is 22.8 Å². The number of Topliss-reactive ketones (excluding diaryl/α,β-unsaturated/α-hetero) is 1. The number of carbonyl (C=O) groups excluding carboxylic acids is 1. The van der Waals surface area contributed by atoms with E-state index in [4.69, 9.17) is 32.9 Å². The van der Waals surface area contributed by atoms with Crippen molar-refractivity contribution in [2.45, 2.75) is 31.8 Å². The number of nitrogens with zero attached hydrogens (tertiary/aromatic N) is 18. The number of hydrogen-bond acceptors (Lipinski definition) is 21. The maximum Gasteiger partial charge on any atom is 0.162 e. The van der Waals surface area contributed by atoms with Gasteiger partial charge in [-0.15, -0.1) is 0 Å². The molecule has 3 aliphatic heterocycles. The zero-order chi connectivity index (χ0) is 103. The van der Waals surface area contributed by atoms with Crippen molar-refractivity contribution in [3.63, 3.8) is 0 Å². The van der Waals surface area contributed by atoms with Gasteiger partial charge in [0.2, 0.25) is 0 Å². The van der Waals surface area contributed by atoms with Gasteiger partial charge in [0, 0.05) is 255 Å². The van der Waals surface area contributed by atoms with E-state index in [2.05, 4.69) is 140 Å². The van der Waals surface area contributed by atoms with Crippen molar-refractivity contribution in [1.29, 1.82) is 0 Å². The number of ketones is 1. The third-order valence-corrected chi connectivity index (χ3v) is 27.1. The van der Waals surface area contributed by atoms with E-state index in [1.54, 1.807) is 86.2 Å². The van der Waals surface area contributed by atoms with Crippen LogP contribution in [0.5, 0.6) is 5.75 Å². The molecule has 3 aliphatic rings. The summed E-state index contributed by atoms with van der Waals surface area (Å²) in [5.41, 5.74) is 20.5. The molecule has 0 saturated carbocycles. The molecule has 21 nitrogen and oxygen atoms in total. The molecule has 29 heteroatoms. The van der Waals surface area contributed by atoms with E-state index in [1.165, 1.54) is 30.0 Å². The van der Waals surface area contributed by atoms with E-state index in [0.717, 1.165) is 250 Å². The Hall–Kier alpha value is -16.4. The van der Waals surface area contributed by atoms with Crippen LogP contribution in [0.1, 0.15) is 36.0 Å². The Morgan fingerprint density at radius 2 is 0.738 bits per heavy atom. The topological polar surface area (TPSA) is 222 Å². The molecule has 1 N–H and O–H groups in total. The van der Waals surface area contributed by atoms with E-state index < -0.39 is 29.1 Å². The molecule has 0 spiro atoms. The molecule has 7 aromatic carbocycles. The number of ether oxygens (including phenoxy) is 1. The summed E-state index contributed by atoms with van der Waals surface area (Å²) in [5.74, 6) is -1.01. The Kier molecular flexibility index (Phi) is 30.7. The summed E-state index contributed by atoms with van der Waals surface area (Å²) in [6.07, 6.45) is 26.4. The average Bonchev–Trinajstić information content (AvgIpc) is 0.780. The quantitative estimate of drug-likeness (QED) is 0.0522. The molecule has 0 atom stereocenters. The maximum atomic E-state index is 14.7. The van der Waals surface area contributed by atoms with Crippen LogP contribution in [0.4, 0.5) is 37.8 Å². The number of aromatic nitrogens is 13. The number of anilines is 2. The predicted octanol–water partition coefficient (Wildman–Crippen LogP) is 25.8. The van der Waals surface area contributed by atoms with Gasteiger partial charge >= 0.3 is 0 Å². The predicted molar refractivity (Wildman–Crippen MR) is 580 cm³/mol. The molecule has 16 heterocycles. The molecule has 0 unspecified atom stereocenters. The number of fused-ring (bicyclic) bond motifs is 4. The van der Waals surface area contributed by atoms with Gasteiger partial charge in [0.1, 0.15) is 52.6 Å². The van der Waals surface area contributed by atoms with Gasteiger partial charge in [0.25, 0.3) is 0 Å². The largest absolute Gasteiger partial charge is 0.490 e. The van der Waals surface area contributed by atoms with E-state index in [9.17, 15) is 31.1 Å². The molecular weight excluding hydrogens is 1920 g/mol. The number of piperazine rings is 2. The Morgan fingerprint density at radius 3 is 1.16 bits per heavy atom. The fraction of sp³-hybridized carbons (Fsp3) is 0.167. The first-order valence-electron chi connectivity index (χ1n) is 49.0. The molecule has 23 rings (SSSR count). The number of nitrogens with one attached hydrogen (secondary N) is 1. The first-order valence-corrected chi connectivity index (χ1v) is 49.7. The minimum absolute atomic E-state index is 0.0848. The molecule has 20 aromatic rings. The van der Waals surface area contributed by atoms with E-state index in [1.807, 2.05) is 166 Å². The first-order chi connectivity index (χ1) is 72.6. The van der Waals surface area contributed by atoms with Crippen LogP contribution in [-0.4, -0.2) is 192 Å². The van der Waals surface area contributed by atoms with Crippen molar-refractivity contribution < 1.29 is 35.9 Å². The van der Waals surface area contributed by atoms with Crippen LogP contribution in [0.3, 0.4) is 0 Å². The van der Waals surface area contributed by atoms with E-state index >= 15 is 0 Å². The monoisotopic (exact) mass is 2020 g/mol. The fourth-order valence-corrected chi connectivity index (χ4v) is 19.0. The molecule has 742 valence electrons. The minimum Gasteiger partial charge on any atom is -0.490 e. The molecule has 13 aromatic heterocycles. The number of benzene rings is 7. The summed E-state index contributed by atoms with van der Waals surface area (Å²) in [7, 11) is 8.30. The van der Waals surface area contributed by atoms with Crippen LogP contribution in [0.2, 0.25) is 10.0 Å². The molecule has 149 heavy (non-hydrogen) atoms. The molecule has 0 amide bonds. The summed E-state index contributed by atoms with van der Waals surface area (Å²) in [6.45, 7) is 10.9. The lowest BCUT2D eigenvalue weighted by molar-refractivity contribution is 0.0977. The smallest absolute Gasteiger partial charge is 0.162 e. The summed E-state index contributed by atoms with van der Waals surface area (Å²) < 4.78 is 92.7. The van der Waals surface area contributed by atoms with Crippen LogP contribution in [0.25, 0.3) is 178 Å². The van der Waals surface area contributed by atoms with Crippen molar-refractivity contribution in [1.82, 2.24) is 84.8 Å². The van der Waals surface area contributed by atoms with Crippen molar-refractivity contribution in [3.8, 4) is 140 Å². The van der Waals surface area contributed by atoms with Gasteiger partial charge in [-0.3, -0.25) is 24.7 Å². The second-order valence-electron chi connectivity index (χ2n) is 37.1. The van der Waals surface area contributed by atoms with Crippen molar-refractivity contribution in [2.75, 3.05) is 110 Å². The summed E-state index contributed by atoms with van der Waals surface area (Å²) in [4.78, 5) is 82.9. The van der Waals surface area contributed by atoms with Crippen LogP contribution < -0.4 is 19.9 Å². The zero-order valence-electron chi connectivity index (χ0n) is 81.8. The number of hydrogen-bond donors (Lipinski definition) is 1. The number of pyridine rings is 13. The van der Waals surface area contributed by atoms with Crippen molar-refractivity contribution in [2.24, 2.45) is 0 Å². The second kappa shape index (κ2) is 45.7. The second-order valence-corrected chi connectivity index (χ2v) is 38.0. The highest BCUT2D eigenvalue weighted by Gasteiger charge is 2.25. The van der Waals surface area contributed by atoms with Crippen LogP contribution in [0.15, 0.2) is 335 Å². The Bertz CT molecular complexity index is 8310. The van der Waals surface area contributed by atoms with Gasteiger partial charge in [-0.2, -0.15) is 0 Å². The third kappa shape index (κ3) is 23.7. The van der Waals surface area contributed by atoms with Crippen molar-refractivity contribution in [3.05, 3.63) is 386 Å². The lowest BCUT2D eigenvalue weighted by Gasteiger charge is -2.34. The maximum absolute atomic E-state index is 14.7. The van der Waals surface area contributed by atoms with Crippen LogP contribution in [0, 0.1) is 34.9 Å². The number of piperidine rings is 1.